The van der Waals surface area contributed by atoms with Gasteiger partial charge in [-0.15, -0.1) is 0 Å². The van der Waals surface area contributed by atoms with Gasteiger partial charge in [-0.05, 0) is 26.8 Å². The molecule has 1 heterocycles. The summed E-state index contributed by atoms with van der Waals surface area (Å²) < 4.78 is 1.78. The molecule has 0 radical (unpaired) electrons. The van der Waals surface area contributed by atoms with Gasteiger partial charge in [-0.2, -0.15) is 5.10 Å². The lowest BCUT2D eigenvalue weighted by molar-refractivity contribution is 0.132. The summed E-state index contributed by atoms with van der Waals surface area (Å²) in [6.07, 6.45) is 1.53. The molecule has 0 aliphatic rings. The van der Waals surface area contributed by atoms with E-state index in [9.17, 15) is 5.11 Å². The summed E-state index contributed by atoms with van der Waals surface area (Å²) in [7, 11) is 0. The summed E-state index contributed by atoms with van der Waals surface area (Å²) in [5.41, 5.74) is 0.984. The van der Waals surface area contributed by atoms with Crippen LogP contribution < -0.4 is 0 Å². The maximum atomic E-state index is 9.22. The van der Waals surface area contributed by atoms with Crippen LogP contribution in [0.4, 0.5) is 0 Å². The Hall–Kier alpha value is -0.830. The fourth-order valence-corrected chi connectivity index (χ4v) is 0.881. The molecule has 11 heavy (non-hydrogen) atoms. The van der Waals surface area contributed by atoms with Crippen LogP contribution >= 0.6 is 0 Å². The van der Waals surface area contributed by atoms with Crippen molar-refractivity contribution < 1.29 is 5.11 Å². The van der Waals surface area contributed by atoms with Crippen LogP contribution in [-0.4, -0.2) is 21.0 Å². The van der Waals surface area contributed by atoms with Gasteiger partial charge in [0.25, 0.3) is 0 Å². The van der Waals surface area contributed by atoms with Gasteiger partial charge >= 0.3 is 0 Å². The maximum absolute atomic E-state index is 9.22. The molecule has 62 valence electrons. The van der Waals surface area contributed by atoms with Gasteiger partial charge in [-0.3, -0.25) is 4.68 Å². The van der Waals surface area contributed by atoms with E-state index in [-0.39, 0.29) is 12.1 Å². The fourth-order valence-electron chi connectivity index (χ4n) is 0.881. The zero-order chi connectivity index (χ0) is 8.43. The predicted octanol–water partition coefficient (Wildman–Crippen LogP) is 1.13. The summed E-state index contributed by atoms with van der Waals surface area (Å²) >= 11 is 0. The molecule has 2 atom stereocenters. The number of aryl methyl sites for hydroxylation is 1. The van der Waals surface area contributed by atoms with E-state index in [0.29, 0.717) is 0 Å². The summed E-state index contributed by atoms with van der Waals surface area (Å²) in [5.74, 6) is 0. The third kappa shape index (κ3) is 1.80. The zero-order valence-electron chi connectivity index (χ0n) is 7.15. The molecule has 0 saturated carbocycles. The minimum atomic E-state index is -0.353. The van der Waals surface area contributed by atoms with Gasteiger partial charge in [0.1, 0.15) is 0 Å². The van der Waals surface area contributed by atoms with Crippen molar-refractivity contribution in [2.24, 2.45) is 0 Å². The number of aliphatic hydroxyl groups excluding tert-OH is 1. The number of hydrogen-bond acceptors (Lipinski definition) is 2. The summed E-state index contributed by atoms with van der Waals surface area (Å²) in [6.45, 7) is 5.64. The Morgan fingerprint density at radius 3 is 2.55 bits per heavy atom. The molecule has 0 aliphatic carbocycles. The van der Waals surface area contributed by atoms with Crippen LogP contribution in [0.15, 0.2) is 12.3 Å². The van der Waals surface area contributed by atoms with Gasteiger partial charge in [0.2, 0.25) is 0 Å². The summed E-state index contributed by atoms with van der Waals surface area (Å²) in [6, 6.07) is 1.99. The number of aromatic nitrogens is 2. The van der Waals surface area contributed by atoms with E-state index in [1.54, 1.807) is 11.6 Å². The highest BCUT2D eigenvalue weighted by Crippen LogP contribution is 2.09. The molecular weight excluding hydrogens is 140 g/mol. The van der Waals surface area contributed by atoms with Crippen molar-refractivity contribution in [3.8, 4) is 0 Å². The number of hydrogen-bond donors (Lipinski definition) is 1. The minimum Gasteiger partial charge on any atom is -0.391 e. The monoisotopic (exact) mass is 154 g/mol. The SMILES string of the molecule is Cc1ccn(C(C)C(C)O)n1. The first-order valence-electron chi connectivity index (χ1n) is 3.81. The molecule has 0 bridgehead atoms. The van der Waals surface area contributed by atoms with Crippen molar-refractivity contribution in [1.29, 1.82) is 0 Å². The third-order valence-electron chi connectivity index (χ3n) is 1.86. The fraction of sp³-hybridized carbons (Fsp3) is 0.625. The lowest BCUT2D eigenvalue weighted by atomic mass is 10.2. The molecule has 1 aromatic heterocycles. The molecule has 3 heteroatoms. The average molecular weight is 154 g/mol. The highest BCUT2D eigenvalue weighted by Gasteiger charge is 2.10. The van der Waals surface area contributed by atoms with Crippen molar-refractivity contribution in [2.75, 3.05) is 0 Å². The Kier molecular flexibility index (Phi) is 2.29. The lowest BCUT2D eigenvalue weighted by Crippen LogP contribution is -2.18. The summed E-state index contributed by atoms with van der Waals surface area (Å²) in [4.78, 5) is 0. The van der Waals surface area contributed by atoms with Crippen molar-refractivity contribution in [3.05, 3.63) is 18.0 Å². The Morgan fingerprint density at radius 2 is 2.18 bits per heavy atom. The second-order valence-electron chi connectivity index (χ2n) is 2.92. The molecular formula is C8H14N2O. The van der Waals surface area contributed by atoms with E-state index in [2.05, 4.69) is 5.10 Å². The molecule has 0 aliphatic heterocycles. The third-order valence-corrected chi connectivity index (χ3v) is 1.86. The largest absolute Gasteiger partial charge is 0.391 e. The first-order chi connectivity index (χ1) is 5.11. The van der Waals surface area contributed by atoms with Crippen LogP contribution in [-0.2, 0) is 0 Å². The lowest BCUT2D eigenvalue weighted by Gasteiger charge is -2.14. The van der Waals surface area contributed by atoms with E-state index < -0.39 is 0 Å². The molecule has 0 aromatic carbocycles. The predicted molar refractivity (Wildman–Crippen MR) is 43.4 cm³/mol. The van der Waals surface area contributed by atoms with E-state index >= 15 is 0 Å². The van der Waals surface area contributed by atoms with Crippen LogP contribution in [0, 0.1) is 6.92 Å². The maximum Gasteiger partial charge on any atom is 0.0747 e. The highest BCUT2D eigenvalue weighted by molar-refractivity contribution is 4.96. The Labute approximate surface area is 66.7 Å². The standard InChI is InChI=1S/C8H14N2O/c1-6-4-5-10(9-6)7(2)8(3)11/h4-5,7-8,11H,1-3H3. The number of aliphatic hydroxyl groups is 1. The van der Waals surface area contributed by atoms with Gasteiger partial charge in [0.05, 0.1) is 17.8 Å². The molecule has 1 N–H and O–H groups in total. The first kappa shape index (κ1) is 8.27. The highest BCUT2D eigenvalue weighted by atomic mass is 16.3. The van der Waals surface area contributed by atoms with Gasteiger partial charge in [-0.25, -0.2) is 0 Å². The van der Waals surface area contributed by atoms with E-state index in [4.69, 9.17) is 0 Å². The van der Waals surface area contributed by atoms with Crippen LogP contribution in [0.1, 0.15) is 25.6 Å². The number of rotatable bonds is 2. The molecule has 0 spiro atoms. The van der Waals surface area contributed by atoms with Crippen molar-refractivity contribution in [2.45, 2.75) is 32.9 Å². The van der Waals surface area contributed by atoms with Crippen LogP contribution in [0.25, 0.3) is 0 Å². The van der Waals surface area contributed by atoms with Crippen molar-refractivity contribution in [1.82, 2.24) is 9.78 Å². The van der Waals surface area contributed by atoms with E-state index in [1.807, 2.05) is 26.1 Å². The normalized spacial score (nSPS) is 16.4. The smallest absolute Gasteiger partial charge is 0.0747 e. The Morgan fingerprint density at radius 1 is 1.55 bits per heavy atom. The summed E-state index contributed by atoms with van der Waals surface area (Å²) in [5, 5.41) is 13.4. The van der Waals surface area contributed by atoms with Crippen molar-refractivity contribution in [3.63, 3.8) is 0 Å². The number of nitrogens with zero attached hydrogens (tertiary/aromatic N) is 2. The molecule has 0 fully saturated rings. The second kappa shape index (κ2) is 3.05. The topological polar surface area (TPSA) is 38.0 Å². The first-order valence-corrected chi connectivity index (χ1v) is 3.81. The van der Waals surface area contributed by atoms with Crippen LogP contribution in [0.3, 0.4) is 0 Å². The Balaban J connectivity index is 2.76. The van der Waals surface area contributed by atoms with Crippen LogP contribution in [0.5, 0.6) is 0 Å². The molecule has 0 saturated heterocycles. The van der Waals surface area contributed by atoms with E-state index in [1.165, 1.54) is 0 Å². The van der Waals surface area contributed by atoms with Crippen molar-refractivity contribution >= 4 is 0 Å². The van der Waals surface area contributed by atoms with Gasteiger partial charge in [-0.1, -0.05) is 0 Å². The molecule has 3 nitrogen and oxygen atoms in total. The molecule has 1 aromatic rings. The average Bonchev–Trinajstić information content (AvgIpc) is 2.34. The minimum absolute atomic E-state index is 0.0590. The van der Waals surface area contributed by atoms with Gasteiger partial charge in [0, 0.05) is 6.20 Å². The second-order valence-corrected chi connectivity index (χ2v) is 2.92. The van der Waals surface area contributed by atoms with Gasteiger partial charge in [0.15, 0.2) is 0 Å². The van der Waals surface area contributed by atoms with Crippen LogP contribution in [0.2, 0.25) is 0 Å². The van der Waals surface area contributed by atoms with Gasteiger partial charge < -0.3 is 5.11 Å². The Bertz CT molecular complexity index is 230. The molecule has 2 unspecified atom stereocenters. The zero-order valence-corrected chi connectivity index (χ0v) is 7.15. The molecule has 0 amide bonds. The van der Waals surface area contributed by atoms with E-state index in [0.717, 1.165) is 5.69 Å². The molecule has 1 rings (SSSR count). The quantitative estimate of drug-likeness (QED) is 0.693.